The molecule has 0 bridgehead atoms. The Bertz CT molecular complexity index is 293. The lowest BCUT2D eigenvalue weighted by atomic mass is 10.3. The van der Waals surface area contributed by atoms with Gasteiger partial charge in [0, 0.05) is 11.4 Å². The molecule has 2 nitrogen and oxygen atoms in total. The summed E-state index contributed by atoms with van der Waals surface area (Å²) in [6, 6.07) is 3.73. The van der Waals surface area contributed by atoms with Gasteiger partial charge in [-0.05, 0) is 28.1 Å². The second-order valence-electron chi connectivity index (χ2n) is 2.82. The molecule has 2 N–H and O–H groups in total. The predicted molar refractivity (Wildman–Crippen MR) is 55.8 cm³/mol. The third kappa shape index (κ3) is 4.00. The Labute approximate surface area is 93.1 Å². The molecule has 0 aliphatic heterocycles. The summed E-state index contributed by atoms with van der Waals surface area (Å²) in [5.41, 5.74) is 0. The fourth-order valence-corrected chi connectivity index (χ4v) is 2.32. The van der Waals surface area contributed by atoms with Crippen molar-refractivity contribution >= 4 is 27.3 Å². The van der Waals surface area contributed by atoms with E-state index < -0.39 is 19.1 Å². The van der Waals surface area contributed by atoms with Crippen molar-refractivity contribution in [1.29, 1.82) is 0 Å². The van der Waals surface area contributed by atoms with Crippen LogP contribution in [0.3, 0.4) is 0 Å². The van der Waals surface area contributed by atoms with Gasteiger partial charge in [0.1, 0.15) is 6.61 Å². The van der Waals surface area contributed by atoms with E-state index in [1.807, 2.05) is 12.1 Å². The van der Waals surface area contributed by atoms with Crippen LogP contribution in [0, 0.1) is 0 Å². The van der Waals surface area contributed by atoms with Crippen LogP contribution in [0.15, 0.2) is 15.9 Å². The third-order valence-electron chi connectivity index (χ3n) is 1.54. The van der Waals surface area contributed by atoms with E-state index in [-0.39, 0.29) is 0 Å². The molecule has 0 atom stereocenters. The number of alkyl halides is 2. The largest absolute Gasteiger partial charge is 0.390 e. The number of hydrogen-bond acceptors (Lipinski definition) is 3. The molecule has 80 valence electrons. The Hall–Kier alpha value is -0.0400. The van der Waals surface area contributed by atoms with Crippen molar-refractivity contribution < 1.29 is 13.9 Å². The molecule has 0 amide bonds. The third-order valence-corrected chi connectivity index (χ3v) is 3.17. The van der Waals surface area contributed by atoms with Crippen molar-refractivity contribution in [3.05, 3.63) is 20.8 Å². The molecule has 0 aliphatic carbocycles. The molecule has 0 aliphatic rings. The standard InChI is InChI=1S/C8H10BrF2NOS/c9-7-2-1-6(14-7)3-12-4-8(10,11)5-13/h1-2,12-13H,3-5H2. The minimum Gasteiger partial charge on any atom is -0.390 e. The fraction of sp³-hybridized carbons (Fsp3) is 0.500. The minimum absolute atomic E-state index is 0.395. The normalized spacial score (nSPS) is 12.0. The van der Waals surface area contributed by atoms with Gasteiger partial charge in [0.15, 0.2) is 0 Å². The first kappa shape index (κ1) is 12.0. The van der Waals surface area contributed by atoms with Crippen LogP contribution in [0.2, 0.25) is 0 Å². The van der Waals surface area contributed by atoms with E-state index >= 15 is 0 Å². The average molecular weight is 286 g/mol. The topological polar surface area (TPSA) is 32.3 Å². The highest BCUT2D eigenvalue weighted by Crippen LogP contribution is 2.22. The molecule has 0 radical (unpaired) electrons. The van der Waals surface area contributed by atoms with Crippen LogP contribution in [0.4, 0.5) is 8.78 Å². The summed E-state index contributed by atoms with van der Waals surface area (Å²) in [5, 5.41) is 10.9. The van der Waals surface area contributed by atoms with E-state index in [4.69, 9.17) is 5.11 Å². The van der Waals surface area contributed by atoms with Gasteiger partial charge in [0.2, 0.25) is 0 Å². The van der Waals surface area contributed by atoms with Crippen LogP contribution in [0.1, 0.15) is 4.88 Å². The monoisotopic (exact) mass is 285 g/mol. The van der Waals surface area contributed by atoms with Crippen molar-refractivity contribution in [2.24, 2.45) is 0 Å². The molecule has 0 spiro atoms. The van der Waals surface area contributed by atoms with Gasteiger partial charge in [-0.2, -0.15) is 0 Å². The number of rotatable bonds is 5. The quantitative estimate of drug-likeness (QED) is 0.870. The molecule has 0 unspecified atom stereocenters. The molecular weight excluding hydrogens is 276 g/mol. The summed E-state index contributed by atoms with van der Waals surface area (Å²) in [4.78, 5) is 0.977. The minimum atomic E-state index is -3.03. The summed E-state index contributed by atoms with van der Waals surface area (Å²) in [5.74, 6) is -3.03. The van der Waals surface area contributed by atoms with Crippen LogP contribution < -0.4 is 5.32 Å². The highest BCUT2D eigenvalue weighted by Gasteiger charge is 2.26. The zero-order valence-electron chi connectivity index (χ0n) is 7.27. The molecule has 0 aromatic carbocycles. The number of aliphatic hydroxyl groups is 1. The lowest BCUT2D eigenvalue weighted by Crippen LogP contribution is -2.35. The van der Waals surface area contributed by atoms with E-state index in [1.54, 1.807) is 0 Å². The summed E-state index contributed by atoms with van der Waals surface area (Å²) in [7, 11) is 0. The first-order valence-electron chi connectivity index (χ1n) is 3.97. The molecule has 1 aromatic rings. The maximum atomic E-state index is 12.5. The second-order valence-corrected chi connectivity index (χ2v) is 5.37. The highest BCUT2D eigenvalue weighted by atomic mass is 79.9. The smallest absolute Gasteiger partial charge is 0.282 e. The highest BCUT2D eigenvalue weighted by molar-refractivity contribution is 9.11. The first-order valence-corrected chi connectivity index (χ1v) is 5.58. The van der Waals surface area contributed by atoms with Crippen LogP contribution >= 0.6 is 27.3 Å². The second kappa shape index (κ2) is 5.16. The van der Waals surface area contributed by atoms with E-state index in [2.05, 4.69) is 21.2 Å². The summed E-state index contributed by atoms with van der Waals surface area (Å²) < 4.78 is 26.1. The predicted octanol–water partition coefficient (Wildman–Crippen LogP) is 2.23. The van der Waals surface area contributed by atoms with Crippen molar-refractivity contribution in [2.45, 2.75) is 12.5 Å². The Balaban J connectivity index is 2.28. The molecule has 1 heterocycles. The van der Waals surface area contributed by atoms with Gasteiger partial charge >= 0.3 is 0 Å². The Morgan fingerprint density at radius 1 is 1.50 bits per heavy atom. The van der Waals surface area contributed by atoms with Gasteiger partial charge in [-0.25, -0.2) is 8.78 Å². The van der Waals surface area contributed by atoms with Crippen molar-refractivity contribution in [2.75, 3.05) is 13.2 Å². The van der Waals surface area contributed by atoms with Gasteiger partial charge in [-0.1, -0.05) is 0 Å². The molecule has 0 saturated heterocycles. The number of thiophene rings is 1. The zero-order valence-corrected chi connectivity index (χ0v) is 9.67. The Morgan fingerprint density at radius 2 is 2.21 bits per heavy atom. The van der Waals surface area contributed by atoms with E-state index in [9.17, 15) is 8.78 Å². The summed E-state index contributed by atoms with van der Waals surface area (Å²) in [6.07, 6.45) is 0. The van der Waals surface area contributed by atoms with Gasteiger partial charge in [0.05, 0.1) is 10.3 Å². The maximum absolute atomic E-state index is 12.5. The molecule has 0 saturated carbocycles. The summed E-state index contributed by atoms with van der Waals surface area (Å²) >= 11 is 4.77. The molecular formula is C8H10BrF2NOS. The van der Waals surface area contributed by atoms with Crippen molar-refractivity contribution in [3.8, 4) is 0 Å². The SMILES string of the molecule is OCC(F)(F)CNCc1ccc(Br)s1. The van der Waals surface area contributed by atoms with Crippen molar-refractivity contribution in [1.82, 2.24) is 5.32 Å². The van der Waals surface area contributed by atoms with Gasteiger partial charge in [-0.3, -0.25) is 0 Å². The molecule has 1 rings (SSSR count). The summed E-state index contributed by atoms with van der Waals surface area (Å²) in [6.45, 7) is -1.22. The van der Waals surface area contributed by atoms with Crippen LogP contribution in [0.25, 0.3) is 0 Å². The molecule has 6 heteroatoms. The lowest BCUT2D eigenvalue weighted by molar-refractivity contribution is -0.0477. The number of halogens is 3. The van der Waals surface area contributed by atoms with Crippen LogP contribution in [-0.4, -0.2) is 24.2 Å². The number of nitrogens with one attached hydrogen (secondary N) is 1. The Morgan fingerprint density at radius 3 is 2.71 bits per heavy atom. The number of hydrogen-bond donors (Lipinski definition) is 2. The first-order chi connectivity index (χ1) is 6.53. The lowest BCUT2D eigenvalue weighted by Gasteiger charge is -2.13. The maximum Gasteiger partial charge on any atom is 0.282 e. The Kier molecular flexibility index (Phi) is 4.43. The van der Waals surface area contributed by atoms with E-state index in [1.165, 1.54) is 11.3 Å². The number of aliphatic hydroxyl groups excluding tert-OH is 1. The van der Waals surface area contributed by atoms with Crippen molar-refractivity contribution in [3.63, 3.8) is 0 Å². The zero-order chi connectivity index (χ0) is 10.6. The molecule has 1 aromatic heterocycles. The van der Waals surface area contributed by atoms with Gasteiger partial charge in [-0.15, -0.1) is 11.3 Å². The van der Waals surface area contributed by atoms with Gasteiger partial charge in [0.25, 0.3) is 5.92 Å². The van der Waals surface area contributed by atoms with Crippen LogP contribution in [0.5, 0.6) is 0 Å². The molecule has 0 fully saturated rings. The fourth-order valence-electron chi connectivity index (χ4n) is 0.871. The average Bonchev–Trinajstić information content (AvgIpc) is 2.51. The van der Waals surface area contributed by atoms with Crippen LogP contribution in [-0.2, 0) is 6.54 Å². The molecule has 14 heavy (non-hydrogen) atoms. The van der Waals surface area contributed by atoms with Gasteiger partial charge < -0.3 is 10.4 Å². The van der Waals surface area contributed by atoms with E-state index in [0.717, 1.165) is 8.66 Å². The van der Waals surface area contributed by atoms with E-state index in [0.29, 0.717) is 6.54 Å².